The van der Waals surface area contributed by atoms with E-state index in [1.807, 2.05) is 0 Å². The number of carbonyl (C=O) groups is 1. The Kier molecular flexibility index (Phi) is 4.19. The van der Waals surface area contributed by atoms with E-state index >= 15 is 0 Å². The van der Waals surface area contributed by atoms with Gasteiger partial charge in [0.05, 0.1) is 6.54 Å². The Hall–Kier alpha value is -1.69. The molecule has 0 bridgehead atoms. The van der Waals surface area contributed by atoms with Crippen molar-refractivity contribution < 1.29 is 9.18 Å². The molecule has 1 rings (SSSR count). The van der Waals surface area contributed by atoms with E-state index in [9.17, 15) is 9.18 Å². The molecule has 0 heterocycles. The maximum Gasteiger partial charge on any atom is 0.239 e. The Morgan fingerprint density at radius 3 is 2.81 bits per heavy atom. The number of amides is 1. The Balaban J connectivity index is 2.87. The quantitative estimate of drug-likeness (QED) is 0.676. The van der Waals surface area contributed by atoms with Crippen LogP contribution in [0.15, 0.2) is 18.2 Å². The summed E-state index contributed by atoms with van der Waals surface area (Å²) in [6, 6.07) is 4.00. The number of nitrogens with one attached hydrogen (secondary N) is 2. The van der Waals surface area contributed by atoms with Crippen molar-refractivity contribution in [3.8, 4) is 0 Å². The zero-order valence-electron chi connectivity index (χ0n) is 8.71. The van der Waals surface area contributed by atoms with Gasteiger partial charge in [-0.3, -0.25) is 4.79 Å². The first-order valence-electron chi connectivity index (χ1n) is 4.58. The van der Waals surface area contributed by atoms with Gasteiger partial charge in [-0.15, -0.1) is 0 Å². The van der Waals surface area contributed by atoms with E-state index in [0.29, 0.717) is 11.3 Å². The van der Waals surface area contributed by atoms with E-state index < -0.39 is 5.82 Å². The van der Waals surface area contributed by atoms with E-state index in [-0.39, 0.29) is 17.4 Å². The summed E-state index contributed by atoms with van der Waals surface area (Å²) < 4.78 is 13.0. The van der Waals surface area contributed by atoms with Gasteiger partial charge in [0.1, 0.15) is 10.8 Å². The molecule has 0 radical (unpaired) electrons. The van der Waals surface area contributed by atoms with E-state index in [2.05, 4.69) is 10.6 Å². The van der Waals surface area contributed by atoms with Gasteiger partial charge in [0.2, 0.25) is 5.91 Å². The lowest BCUT2D eigenvalue weighted by Gasteiger charge is -2.10. The molecular formula is C10H12FN3OS. The number of anilines is 1. The summed E-state index contributed by atoms with van der Waals surface area (Å²) in [6.45, 7) is 0.0811. The van der Waals surface area contributed by atoms with Crippen LogP contribution in [0.2, 0.25) is 0 Å². The monoisotopic (exact) mass is 241 g/mol. The second kappa shape index (κ2) is 5.41. The lowest BCUT2D eigenvalue weighted by Crippen LogP contribution is -2.27. The number of rotatable bonds is 4. The van der Waals surface area contributed by atoms with Crippen LogP contribution in [0.4, 0.5) is 10.1 Å². The van der Waals surface area contributed by atoms with Gasteiger partial charge in [0, 0.05) is 18.3 Å². The average molecular weight is 241 g/mol. The Labute approximate surface area is 98.0 Å². The smallest absolute Gasteiger partial charge is 0.239 e. The maximum atomic E-state index is 13.0. The van der Waals surface area contributed by atoms with Crippen molar-refractivity contribution in [2.24, 2.45) is 5.73 Å². The summed E-state index contributed by atoms with van der Waals surface area (Å²) in [5, 5.41) is 5.28. The number of halogens is 1. The molecule has 1 amide bonds. The summed E-state index contributed by atoms with van der Waals surface area (Å²) in [5.74, 6) is -0.605. The Bertz CT molecular complexity index is 423. The van der Waals surface area contributed by atoms with Crippen LogP contribution < -0.4 is 16.4 Å². The van der Waals surface area contributed by atoms with Crippen LogP contribution in [0.1, 0.15) is 5.56 Å². The molecule has 0 spiro atoms. The van der Waals surface area contributed by atoms with Crippen LogP contribution >= 0.6 is 12.2 Å². The summed E-state index contributed by atoms with van der Waals surface area (Å²) in [7, 11) is 1.53. The second-order valence-corrected chi connectivity index (χ2v) is 3.52. The maximum absolute atomic E-state index is 13.0. The van der Waals surface area contributed by atoms with Gasteiger partial charge in [-0.2, -0.15) is 0 Å². The van der Waals surface area contributed by atoms with Gasteiger partial charge in [0.15, 0.2) is 0 Å². The molecule has 0 atom stereocenters. The molecular weight excluding hydrogens is 229 g/mol. The molecule has 0 saturated carbocycles. The predicted molar refractivity (Wildman–Crippen MR) is 64.8 cm³/mol. The van der Waals surface area contributed by atoms with Crippen molar-refractivity contribution >= 4 is 28.8 Å². The largest absolute Gasteiger partial charge is 0.389 e. The molecule has 0 fully saturated rings. The Morgan fingerprint density at radius 1 is 1.56 bits per heavy atom. The molecule has 0 aliphatic heterocycles. The summed E-state index contributed by atoms with van der Waals surface area (Å²) >= 11 is 4.79. The van der Waals surface area contributed by atoms with Gasteiger partial charge in [-0.1, -0.05) is 12.2 Å². The number of thiocarbonyl (C=S) groups is 1. The molecule has 0 unspecified atom stereocenters. The average Bonchev–Trinajstić information content (AvgIpc) is 2.26. The van der Waals surface area contributed by atoms with Crippen LogP contribution in [0.5, 0.6) is 0 Å². The van der Waals surface area contributed by atoms with Crippen LogP contribution in [-0.2, 0) is 4.79 Å². The van der Waals surface area contributed by atoms with Crippen molar-refractivity contribution in [3.05, 3.63) is 29.6 Å². The molecule has 6 heteroatoms. The zero-order chi connectivity index (χ0) is 12.1. The van der Waals surface area contributed by atoms with Crippen molar-refractivity contribution in [2.45, 2.75) is 0 Å². The third-order valence-corrected chi connectivity index (χ3v) is 2.19. The molecule has 0 aromatic heterocycles. The van der Waals surface area contributed by atoms with Crippen LogP contribution in [-0.4, -0.2) is 24.5 Å². The van der Waals surface area contributed by atoms with E-state index in [0.717, 1.165) is 0 Å². The molecule has 1 aromatic carbocycles. The number of hydrogen-bond acceptors (Lipinski definition) is 3. The molecule has 0 aliphatic carbocycles. The fourth-order valence-corrected chi connectivity index (χ4v) is 1.31. The van der Waals surface area contributed by atoms with Gasteiger partial charge in [-0.25, -0.2) is 4.39 Å². The van der Waals surface area contributed by atoms with E-state index in [4.69, 9.17) is 18.0 Å². The minimum Gasteiger partial charge on any atom is -0.389 e. The molecule has 86 valence electrons. The highest BCUT2D eigenvalue weighted by Crippen LogP contribution is 2.16. The van der Waals surface area contributed by atoms with Crippen molar-refractivity contribution in [2.75, 3.05) is 18.9 Å². The molecule has 4 nitrogen and oxygen atoms in total. The number of benzene rings is 1. The highest BCUT2D eigenvalue weighted by Gasteiger charge is 2.07. The van der Waals surface area contributed by atoms with Gasteiger partial charge in [0.25, 0.3) is 0 Å². The highest BCUT2D eigenvalue weighted by atomic mass is 32.1. The highest BCUT2D eigenvalue weighted by molar-refractivity contribution is 7.80. The number of nitrogens with two attached hydrogens (primary N) is 1. The predicted octanol–water partition coefficient (Wildman–Crippen LogP) is 0.618. The normalized spacial score (nSPS) is 9.62. The lowest BCUT2D eigenvalue weighted by atomic mass is 10.1. The number of likely N-dealkylation sites (N-methyl/N-ethyl adjacent to an activating group) is 1. The lowest BCUT2D eigenvalue weighted by molar-refractivity contribution is -0.118. The van der Waals surface area contributed by atoms with Crippen LogP contribution in [0.3, 0.4) is 0 Å². The zero-order valence-corrected chi connectivity index (χ0v) is 9.53. The minimum atomic E-state index is -0.423. The minimum absolute atomic E-state index is 0.0811. The number of hydrogen-bond donors (Lipinski definition) is 3. The van der Waals surface area contributed by atoms with Crippen LogP contribution in [0, 0.1) is 5.82 Å². The fraction of sp³-hybridized carbons (Fsp3) is 0.200. The standard InChI is InChI=1S/C10H12FN3OS/c1-13-9(15)5-14-8-3-2-6(11)4-7(8)10(12)16/h2-4,14H,5H2,1H3,(H2,12,16)(H,13,15). The Morgan fingerprint density at radius 2 is 2.25 bits per heavy atom. The molecule has 1 aromatic rings. The molecule has 0 saturated heterocycles. The fourth-order valence-electron chi connectivity index (χ4n) is 1.14. The van der Waals surface area contributed by atoms with Crippen LogP contribution in [0.25, 0.3) is 0 Å². The first-order valence-corrected chi connectivity index (χ1v) is 4.99. The third kappa shape index (κ3) is 3.16. The van der Waals surface area contributed by atoms with Gasteiger partial charge in [-0.05, 0) is 18.2 Å². The van der Waals surface area contributed by atoms with E-state index in [1.54, 1.807) is 0 Å². The second-order valence-electron chi connectivity index (χ2n) is 3.08. The first kappa shape index (κ1) is 12.4. The summed E-state index contributed by atoms with van der Waals surface area (Å²) in [6.07, 6.45) is 0. The molecule has 4 N–H and O–H groups in total. The van der Waals surface area contributed by atoms with E-state index in [1.165, 1.54) is 25.2 Å². The van der Waals surface area contributed by atoms with Crippen molar-refractivity contribution in [3.63, 3.8) is 0 Å². The van der Waals surface area contributed by atoms with Gasteiger partial charge < -0.3 is 16.4 Å². The van der Waals surface area contributed by atoms with Gasteiger partial charge >= 0.3 is 0 Å². The van der Waals surface area contributed by atoms with Crippen molar-refractivity contribution in [1.82, 2.24) is 5.32 Å². The first-order chi connectivity index (χ1) is 7.54. The van der Waals surface area contributed by atoms with Crippen molar-refractivity contribution in [1.29, 1.82) is 0 Å². The summed E-state index contributed by atoms with van der Waals surface area (Å²) in [4.78, 5) is 11.1. The number of carbonyl (C=O) groups excluding carboxylic acids is 1. The SMILES string of the molecule is CNC(=O)CNc1ccc(F)cc1C(N)=S. The molecule has 0 aliphatic rings. The third-order valence-electron chi connectivity index (χ3n) is 1.97. The topological polar surface area (TPSA) is 67.2 Å². The summed E-state index contributed by atoms with van der Waals surface area (Å²) in [5.41, 5.74) is 6.37. The molecule has 16 heavy (non-hydrogen) atoms.